The number of rotatable bonds is 18. The van der Waals surface area contributed by atoms with Crippen molar-refractivity contribution in [1.29, 1.82) is 10.5 Å². The van der Waals surface area contributed by atoms with E-state index in [4.69, 9.17) is 26.3 Å². The second kappa shape index (κ2) is 20.3. The summed E-state index contributed by atoms with van der Waals surface area (Å²) in [4.78, 5) is 41.4. The Morgan fingerprint density at radius 3 is 2.26 bits per heavy atom. The van der Waals surface area contributed by atoms with E-state index in [9.17, 15) is 29.9 Å². The lowest BCUT2D eigenvalue weighted by Crippen LogP contribution is -2.74. The number of halogens is 1. The molecule has 0 spiro atoms. The summed E-state index contributed by atoms with van der Waals surface area (Å²) in [6.07, 6.45) is -0.416. The monoisotopic (exact) mass is 869 g/mol. The number of unbranched alkanes of at least 4 members (excludes halogenated alkanes) is 1. The first kappa shape index (κ1) is 47.8. The van der Waals surface area contributed by atoms with Gasteiger partial charge in [0.05, 0.1) is 28.3 Å². The standard InChI is InChI=1S/C47H60ClN7O7/c1-45(2,3)39(42(60)55-27-34(56)22-37(55)41(59)52-26-30-12-10-29(24-49)11-13-30)53-38(57)28-61-21-9-8-20-51-33-17-14-31(15-18-33)40(58)54-43-46(4,5)44(47(43,6)7)62-35-19-16-32(25-50)36(48)23-35/h10-19,23,34,37,39-40,43-44,51,54,56,58H,8-9,20-22,26-28H2,1-7H3,(H,52,59)(H,53,57)/t34-,37+,39-,40?,43-,44-/m1/s1. The molecule has 3 aromatic rings. The van der Waals surface area contributed by atoms with Gasteiger partial charge >= 0.3 is 0 Å². The number of hydrogen-bond donors (Lipinski definition) is 6. The average molecular weight is 870 g/mol. The molecule has 4 atom stereocenters. The van der Waals surface area contributed by atoms with Crippen molar-refractivity contribution >= 4 is 35.0 Å². The molecule has 1 aliphatic heterocycles. The van der Waals surface area contributed by atoms with E-state index in [0.717, 1.165) is 23.2 Å². The van der Waals surface area contributed by atoms with Crippen LogP contribution >= 0.6 is 11.6 Å². The Bertz CT molecular complexity index is 2110. The zero-order valence-corrected chi connectivity index (χ0v) is 37.4. The van der Waals surface area contributed by atoms with Crippen LogP contribution in [0.1, 0.15) is 96.2 Å². The van der Waals surface area contributed by atoms with Crippen molar-refractivity contribution in [2.75, 3.05) is 31.6 Å². The van der Waals surface area contributed by atoms with Crippen molar-refractivity contribution in [2.45, 2.75) is 111 Å². The predicted molar refractivity (Wildman–Crippen MR) is 236 cm³/mol. The smallest absolute Gasteiger partial charge is 0.246 e. The van der Waals surface area contributed by atoms with Crippen LogP contribution in [0.2, 0.25) is 5.02 Å². The normalized spacial score (nSPS) is 21.1. The van der Waals surface area contributed by atoms with Gasteiger partial charge in [0.2, 0.25) is 17.7 Å². The van der Waals surface area contributed by atoms with Crippen LogP contribution in [0, 0.1) is 38.9 Å². The minimum absolute atomic E-state index is 0.0292. The molecule has 332 valence electrons. The number of β-amino-alcohol motifs (C(OH)–C–C–N with tert-alkyl or cyclic N) is 1. The van der Waals surface area contributed by atoms with Crippen molar-refractivity contribution < 1.29 is 34.1 Å². The van der Waals surface area contributed by atoms with Gasteiger partial charge in [-0.15, -0.1) is 0 Å². The Labute approximate surface area is 369 Å². The largest absolute Gasteiger partial charge is 0.489 e. The van der Waals surface area contributed by atoms with E-state index in [1.54, 1.807) is 42.5 Å². The molecule has 14 nitrogen and oxygen atoms in total. The number of aliphatic hydroxyl groups is 2. The summed E-state index contributed by atoms with van der Waals surface area (Å²) in [6.45, 7) is 14.8. The van der Waals surface area contributed by atoms with E-state index in [0.29, 0.717) is 41.5 Å². The third-order valence-corrected chi connectivity index (χ3v) is 12.1. The molecule has 1 saturated carbocycles. The number of aliphatic hydroxyl groups excluding tert-OH is 2. The van der Waals surface area contributed by atoms with Crippen LogP contribution in [0.3, 0.4) is 0 Å². The molecule has 3 amide bonds. The lowest BCUT2D eigenvalue weighted by atomic mass is 9.49. The molecular weight excluding hydrogens is 810 g/mol. The van der Waals surface area contributed by atoms with Crippen LogP contribution < -0.4 is 26.0 Å². The molecule has 15 heteroatoms. The Morgan fingerprint density at radius 2 is 1.65 bits per heavy atom. The summed E-state index contributed by atoms with van der Waals surface area (Å²) in [5.41, 5.74) is 1.96. The van der Waals surface area contributed by atoms with E-state index in [1.165, 1.54) is 4.90 Å². The molecule has 1 saturated heterocycles. The highest BCUT2D eigenvalue weighted by atomic mass is 35.5. The second-order valence-corrected chi connectivity index (χ2v) is 18.9. The van der Waals surface area contributed by atoms with E-state index < -0.39 is 47.6 Å². The number of hydrogen-bond acceptors (Lipinski definition) is 11. The predicted octanol–water partition coefficient (Wildman–Crippen LogP) is 5.56. The maximum absolute atomic E-state index is 13.9. The van der Waals surface area contributed by atoms with Gasteiger partial charge in [0, 0.05) is 61.3 Å². The summed E-state index contributed by atoms with van der Waals surface area (Å²) >= 11 is 6.24. The lowest BCUT2D eigenvalue weighted by Gasteiger charge is -2.63. The highest BCUT2D eigenvalue weighted by Crippen LogP contribution is 2.56. The molecule has 3 aromatic carbocycles. The number of nitrogens with one attached hydrogen (secondary N) is 4. The number of nitriles is 2. The minimum atomic E-state index is -0.962. The third kappa shape index (κ3) is 11.6. The van der Waals surface area contributed by atoms with Crippen molar-refractivity contribution in [1.82, 2.24) is 20.9 Å². The second-order valence-electron chi connectivity index (χ2n) is 18.5. The Kier molecular flexibility index (Phi) is 15.7. The molecule has 2 aliphatic rings. The fraction of sp³-hybridized carbons (Fsp3) is 0.511. The zero-order chi connectivity index (χ0) is 45.4. The van der Waals surface area contributed by atoms with Gasteiger partial charge in [-0.3, -0.25) is 19.7 Å². The topological polar surface area (TPSA) is 209 Å². The number of benzene rings is 3. The van der Waals surface area contributed by atoms with Crippen LogP contribution in [0.15, 0.2) is 66.7 Å². The summed E-state index contributed by atoms with van der Waals surface area (Å²) in [5, 5.41) is 52.6. The number of carbonyl (C=O) groups is 3. The fourth-order valence-corrected chi connectivity index (χ4v) is 8.96. The van der Waals surface area contributed by atoms with Gasteiger partial charge in [-0.2, -0.15) is 10.5 Å². The van der Waals surface area contributed by atoms with Gasteiger partial charge in [0.15, 0.2) is 0 Å². The molecule has 0 radical (unpaired) electrons. The molecule has 0 bridgehead atoms. The average Bonchev–Trinajstić information content (AvgIpc) is 3.63. The number of amides is 3. The Morgan fingerprint density at radius 1 is 0.968 bits per heavy atom. The molecule has 1 aliphatic carbocycles. The van der Waals surface area contributed by atoms with Gasteiger partial charge in [-0.25, -0.2) is 0 Å². The quantitative estimate of drug-likeness (QED) is 0.0689. The molecule has 62 heavy (non-hydrogen) atoms. The maximum Gasteiger partial charge on any atom is 0.246 e. The van der Waals surface area contributed by atoms with Gasteiger partial charge < -0.3 is 40.5 Å². The minimum Gasteiger partial charge on any atom is -0.489 e. The van der Waals surface area contributed by atoms with Crippen LogP contribution in [0.25, 0.3) is 0 Å². The molecular formula is C47H60ClN7O7. The molecule has 1 unspecified atom stereocenters. The number of anilines is 1. The first-order valence-corrected chi connectivity index (χ1v) is 21.4. The maximum atomic E-state index is 13.9. The summed E-state index contributed by atoms with van der Waals surface area (Å²) in [6, 6.07) is 21.6. The first-order valence-electron chi connectivity index (χ1n) is 21.0. The number of likely N-dealkylation sites (tertiary alicyclic amines) is 1. The molecule has 2 fully saturated rings. The summed E-state index contributed by atoms with van der Waals surface area (Å²) < 4.78 is 12.0. The fourth-order valence-electron chi connectivity index (χ4n) is 8.74. The van der Waals surface area contributed by atoms with Gasteiger partial charge in [-0.05, 0) is 65.8 Å². The van der Waals surface area contributed by atoms with Gasteiger partial charge in [0.25, 0.3) is 0 Å². The molecule has 5 rings (SSSR count). The van der Waals surface area contributed by atoms with Gasteiger partial charge in [-0.1, -0.05) is 84.3 Å². The SMILES string of the molecule is CC(C)(C)[C@H](NC(=O)COCCCCNc1ccc(C(O)N[C@H]2C(C)(C)[C@H](Oc3ccc(C#N)c(Cl)c3)C2(C)C)cc1)C(=O)N1C[C@H](O)C[C@H]1C(=O)NCc1ccc(C#N)cc1. The van der Waals surface area contributed by atoms with Crippen LogP contribution in [0.4, 0.5) is 5.69 Å². The molecule has 0 aromatic heterocycles. The highest BCUT2D eigenvalue weighted by molar-refractivity contribution is 6.31. The molecule has 1 heterocycles. The summed E-state index contributed by atoms with van der Waals surface area (Å²) in [7, 11) is 0. The number of carbonyl (C=O) groups excluding carboxylic acids is 3. The third-order valence-electron chi connectivity index (χ3n) is 11.8. The number of ether oxygens (including phenoxy) is 2. The Hall–Kier alpha value is -5.22. The Balaban J connectivity index is 1.01. The van der Waals surface area contributed by atoms with Crippen molar-refractivity contribution in [3.05, 3.63) is 94.0 Å². The summed E-state index contributed by atoms with van der Waals surface area (Å²) in [5.74, 6) is -0.728. The van der Waals surface area contributed by atoms with E-state index >= 15 is 0 Å². The highest BCUT2D eigenvalue weighted by Gasteiger charge is 2.63. The zero-order valence-electron chi connectivity index (χ0n) is 36.6. The number of nitrogens with zero attached hydrogens (tertiary/aromatic N) is 3. The van der Waals surface area contributed by atoms with E-state index in [1.807, 2.05) is 45.0 Å². The van der Waals surface area contributed by atoms with Gasteiger partial charge in [0.1, 0.15) is 42.8 Å². The van der Waals surface area contributed by atoms with E-state index in [-0.39, 0.29) is 49.1 Å². The molecule has 6 N–H and O–H groups in total. The van der Waals surface area contributed by atoms with Crippen LogP contribution in [-0.4, -0.2) is 89.5 Å². The first-order chi connectivity index (χ1) is 29.3. The van der Waals surface area contributed by atoms with Crippen molar-refractivity contribution in [3.8, 4) is 17.9 Å². The lowest BCUT2D eigenvalue weighted by molar-refractivity contribution is -0.179. The van der Waals surface area contributed by atoms with Crippen LogP contribution in [0.5, 0.6) is 5.75 Å². The van der Waals surface area contributed by atoms with Crippen molar-refractivity contribution in [3.63, 3.8) is 0 Å². The van der Waals surface area contributed by atoms with Crippen LogP contribution in [-0.2, 0) is 25.7 Å². The van der Waals surface area contributed by atoms with Crippen molar-refractivity contribution in [2.24, 2.45) is 16.2 Å². The van der Waals surface area contributed by atoms with E-state index in [2.05, 4.69) is 61.1 Å².